The molecule has 4 N–H and O–H groups in total. The van der Waals surface area contributed by atoms with Gasteiger partial charge >= 0.3 is 5.92 Å². The number of hydrogen-bond donors (Lipinski definition) is 4. The molecule has 3 rings (SSSR count). The predicted molar refractivity (Wildman–Crippen MR) is 122 cm³/mol. The Kier molecular flexibility index (Phi) is 8.38. The highest BCUT2D eigenvalue weighted by Gasteiger charge is 2.32. The van der Waals surface area contributed by atoms with Crippen LogP contribution in [0.4, 0.5) is 8.78 Å². The van der Waals surface area contributed by atoms with E-state index in [-0.39, 0.29) is 30.5 Å². The summed E-state index contributed by atoms with van der Waals surface area (Å²) in [6.07, 6.45) is -0.204. The molecule has 176 valence electrons. The van der Waals surface area contributed by atoms with Crippen molar-refractivity contribution in [2.75, 3.05) is 13.2 Å². The van der Waals surface area contributed by atoms with Gasteiger partial charge in [0.2, 0.25) is 0 Å². The molecule has 0 bridgehead atoms. The summed E-state index contributed by atoms with van der Waals surface area (Å²) in [6, 6.07) is 19.3. The van der Waals surface area contributed by atoms with E-state index in [1.54, 1.807) is 48.5 Å². The van der Waals surface area contributed by atoms with E-state index in [2.05, 4.69) is 5.32 Å². The van der Waals surface area contributed by atoms with Gasteiger partial charge in [-0.1, -0.05) is 48.5 Å². The molecular formula is C26H29F2NO4. The first-order valence-electron chi connectivity index (χ1n) is 10.8. The van der Waals surface area contributed by atoms with E-state index in [1.807, 2.05) is 13.0 Å². The lowest BCUT2D eigenvalue weighted by molar-refractivity contribution is -0.0467. The van der Waals surface area contributed by atoms with Crippen LogP contribution in [0, 0.1) is 0 Å². The number of benzene rings is 3. The molecule has 0 saturated heterocycles. The minimum Gasteiger partial charge on any atom is -0.508 e. The lowest BCUT2D eigenvalue weighted by Gasteiger charge is -2.19. The number of alkyl halides is 2. The Balaban J connectivity index is 1.52. The Bertz CT molecular complexity index is 1030. The van der Waals surface area contributed by atoms with Crippen molar-refractivity contribution in [3.05, 3.63) is 95.1 Å². The van der Waals surface area contributed by atoms with Gasteiger partial charge in [0.15, 0.2) is 6.61 Å². The molecule has 0 aliphatic heterocycles. The van der Waals surface area contributed by atoms with Gasteiger partial charge in [-0.25, -0.2) is 0 Å². The number of aliphatic hydroxyl groups excluding tert-OH is 2. The average Bonchev–Trinajstić information content (AvgIpc) is 2.82. The Labute approximate surface area is 192 Å². The van der Waals surface area contributed by atoms with Crippen molar-refractivity contribution in [2.24, 2.45) is 0 Å². The van der Waals surface area contributed by atoms with E-state index in [4.69, 9.17) is 4.74 Å². The fourth-order valence-electron chi connectivity index (χ4n) is 3.50. The summed E-state index contributed by atoms with van der Waals surface area (Å²) in [6.45, 7) is 1.17. The summed E-state index contributed by atoms with van der Waals surface area (Å²) in [5.74, 6) is -2.73. The van der Waals surface area contributed by atoms with E-state index in [0.29, 0.717) is 23.3 Å². The third kappa shape index (κ3) is 6.99. The van der Waals surface area contributed by atoms with Crippen molar-refractivity contribution in [3.63, 3.8) is 0 Å². The second-order valence-electron chi connectivity index (χ2n) is 8.08. The maximum absolute atomic E-state index is 14.4. The average molecular weight is 458 g/mol. The fourth-order valence-corrected chi connectivity index (χ4v) is 3.50. The van der Waals surface area contributed by atoms with Crippen LogP contribution in [-0.2, 0) is 19.0 Å². The van der Waals surface area contributed by atoms with Gasteiger partial charge in [-0.15, -0.1) is 0 Å². The molecule has 0 aliphatic rings. The highest BCUT2D eigenvalue weighted by molar-refractivity contribution is 5.36. The standard InChI is InChI=1S/C26H29F2NO4/c1-18(29-15-25(32)20-10-11-24(31)21(14-20)16-30)12-19-6-5-9-23(13-19)33-17-26(27,28)22-7-3-2-4-8-22/h2-11,13-14,18,25,29-32H,12,15-17H2,1H3/t18-,25-/m0/s1. The molecule has 0 amide bonds. The van der Waals surface area contributed by atoms with Crippen molar-refractivity contribution in [1.82, 2.24) is 5.32 Å². The van der Waals surface area contributed by atoms with Gasteiger partial charge in [0, 0.05) is 23.7 Å². The Morgan fingerprint density at radius 3 is 2.48 bits per heavy atom. The van der Waals surface area contributed by atoms with Crippen LogP contribution in [0.2, 0.25) is 0 Å². The Hall–Kier alpha value is -3.00. The van der Waals surface area contributed by atoms with Gasteiger partial charge in [-0.3, -0.25) is 0 Å². The van der Waals surface area contributed by atoms with Gasteiger partial charge in [0.25, 0.3) is 0 Å². The summed E-state index contributed by atoms with van der Waals surface area (Å²) < 4.78 is 34.1. The monoisotopic (exact) mass is 457 g/mol. The van der Waals surface area contributed by atoms with Crippen molar-refractivity contribution in [1.29, 1.82) is 0 Å². The predicted octanol–water partition coefficient (Wildman–Crippen LogP) is 4.31. The van der Waals surface area contributed by atoms with Crippen molar-refractivity contribution >= 4 is 0 Å². The summed E-state index contributed by atoms with van der Waals surface area (Å²) in [5.41, 5.74) is 1.77. The van der Waals surface area contributed by atoms with Crippen LogP contribution in [0.5, 0.6) is 11.5 Å². The smallest absolute Gasteiger partial charge is 0.306 e. The first-order chi connectivity index (χ1) is 15.8. The van der Waals surface area contributed by atoms with Gasteiger partial charge in [-0.05, 0) is 48.7 Å². The Morgan fingerprint density at radius 2 is 1.76 bits per heavy atom. The van der Waals surface area contributed by atoms with Crippen LogP contribution < -0.4 is 10.1 Å². The molecule has 0 spiro atoms. The van der Waals surface area contributed by atoms with Crippen LogP contribution in [0.15, 0.2) is 72.8 Å². The van der Waals surface area contributed by atoms with Gasteiger partial charge < -0.3 is 25.4 Å². The molecule has 0 aliphatic carbocycles. The molecule has 0 radical (unpaired) electrons. The van der Waals surface area contributed by atoms with Crippen molar-refractivity contribution in [2.45, 2.75) is 38.0 Å². The van der Waals surface area contributed by atoms with E-state index in [1.165, 1.54) is 18.2 Å². The number of rotatable bonds is 11. The third-order valence-corrected chi connectivity index (χ3v) is 5.37. The number of phenols is 1. The highest BCUT2D eigenvalue weighted by Crippen LogP contribution is 2.29. The summed E-state index contributed by atoms with van der Waals surface area (Å²) in [5, 5.41) is 32.6. The number of hydrogen-bond acceptors (Lipinski definition) is 5. The first-order valence-corrected chi connectivity index (χ1v) is 10.8. The molecule has 2 atom stereocenters. The number of halogens is 2. The first kappa shape index (κ1) is 24.6. The van der Waals surface area contributed by atoms with Crippen molar-refractivity contribution in [3.8, 4) is 11.5 Å². The maximum atomic E-state index is 14.4. The van der Waals surface area contributed by atoms with E-state index in [0.717, 1.165) is 5.56 Å². The molecule has 0 saturated carbocycles. The summed E-state index contributed by atoms with van der Waals surface area (Å²) in [4.78, 5) is 0. The van der Waals surface area contributed by atoms with Gasteiger partial charge in [0.05, 0.1) is 12.7 Å². The zero-order chi connectivity index (χ0) is 23.8. The third-order valence-electron chi connectivity index (χ3n) is 5.37. The lowest BCUT2D eigenvalue weighted by Crippen LogP contribution is -2.32. The van der Waals surface area contributed by atoms with Crippen LogP contribution in [-0.4, -0.2) is 34.5 Å². The second-order valence-corrected chi connectivity index (χ2v) is 8.08. The van der Waals surface area contributed by atoms with Crippen LogP contribution in [0.25, 0.3) is 0 Å². The summed E-state index contributed by atoms with van der Waals surface area (Å²) in [7, 11) is 0. The quantitative estimate of drug-likeness (QED) is 0.345. The zero-order valence-electron chi connectivity index (χ0n) is 18.4. The molecule has 5 nitrogen and oxygen atoms in total. The lowest BCUT2D eigenvalue weighted by atomic mass is 10.0. The molecule has 33 heavy (non-hydrogen) atoms. The fraction of sp³-hybridized carbons (Fsp3) is 0.308. The number of aliphatic hydroxyl groups is 2. The Morgan fingerprint density at radius 1 is 1.00 bits per heavy atom. The summed E-state index contributed by atoms with van der Waals surface area (Å²) >= 11 is 0. The van der Waals surface area contributed by atoms with E-state index < -0.39 is 18.6 Å². The molecule has 0 unspecified atom stereocenters. The molecule has 7 heteroatoms. The molecule has 0 aromatic heterocycles. The van der Waals surface area contributed by atoms with Crippen LogP contribution in [0.3, 0.4) is 0 Å². The van der Waals surface area contributed by atoms with E-state index in [9.17, 15) is 24.1 Å². The molecule has 0 fully saturated rings. The maximum Gasteiger partial charge on any atom is 0.306 e. The largest absolute Gasteiger partial charge is 0.508 e. The normalized spacial score (nSPS) is 13.5. The number of ether oxygens (including phenoxy) is 1. The van der Waals surface area contributed by atoms with Gasteiger partial charge in [-0.2, -0.15) is 8.78 Å². The zero-order valence-corrected chi connectivity index (χ0v) is 18.4. The minimum atomic E-state index is -3.09. The number of nitrogens with one attached hydrogen (secondary N) is 1. The topological polar surface area (TPSA) is 82.0 Å². The SMILES string of the molecule is C[C@@H](Cc1cccc(OCC(F)(F)c2ccccc2)c1)NC[C@H](O)c1ccc(O)c(CO)c1. The highest BCUT2D eigenvalue weighted by atomic mass is 19.3. The van der Waals surface area contributed by atoms with Crippen LogP contribution >= 0.6 is 0 Å². The second kappa shape index (κ2) is 11.2. The number of aromatic hydroxyl groups is 1. The minimum absolute atomic E-state index is 0.00455. The van der Waals surface area contributed by atoms with Crippen molar-refractivity contribution < 1.29 is 28.8 Å². The van der Waals surface area contributed by atoms with Crippen LogP contribution in [0.1, 0.15) is 35.3 Å². The molecular weight excluding hydrogens is 428 g/mol. The van der Waals surface area contributed by atoms with E-state index >= 15 is 0 Å². The van der Waals surface area contributed by atoms with Gasteiger partial charge in [0.1, 0.15) is 11.5 Å². The molecule has 3 aromatic rings. The molecule has 3 aromatic carbocycles. The molecule has 0 heterocycles.